The van der Waals surface area contributed by atoms with Gasteiger partial charge in [-0.15, -0.1) is 0 Å². The molecule has 0 aromatic carbocycles. The van der Waals surface area contributed by atoms with Crippen molar-refractivity contribution in [3.8, 4) is 0 Å². The first-order chi connectivity index (χ1) is 8.50. The van der Waals surface area contributed by atoms with E-state index in [1.807, 2.05) is 13.8 Å². The summed E-state index contributed by atoms with van der Waals surface area (Å²) in [6.45, 7) is 4.27. The summed E-state index contributed by atoms with van der Waals surface area (Å²) in [6, 6.07) is -0.562. The lowest BCUT2D eigenvalue weighted by atomic mass is 9.87. The average Bonchev–Trinajstić information content (AvgIpc) is 2.77. The summed E-state index contributed by atoms with van der Waals surface area (Å²) < 4.78 is 0. The fourth-order valence-corrected chi connectivity index (χ4v) is 2.88. The number of carbonyl (C=O) groups excluding carboxylic acids is 3. The van der Waals surface area contributed by atoms with Crippen molar-refractivity contribution >= 4 is 17.8 Å². The zero-order valence-electron chi connectivity index (χ0n) is 10.9. The Morgan fingerprint density at radius 1 is 1.22 bits per heavy atom. The maximum atomic E-state index is 12.3. The van der Waals surface area contributed by atoms with E-state index in [-0.39, 0.29) is 17.7 Å². The normalized spacial score (nSPS) is 26.1. The predicted molar refractivity (Wildman–Crippen MR) is 65.5 cm³/mol. The second-order valence-corrected chi connectivity index (χ2v) is 5.66. The summed E-state index contributed by atoms with van der Waals surface area (Å²) >= 11 is 0. The smallest absolute Gasteiger partial charge is 0.277 e. The highest BCUT2D eigenvalue weighted by molar-refractivity contribution is 6.16. The summed E-state index contributed by atoms with van der Waals surface area (Å²) in [5, 5.41) is 2.32. The first-order valence-electron chi connectivity index (χ1n) is 6.67. The molecule has 0 radical (unpaired) electrons. The largest absolute Gasteiger partial charge is 0.330 e. The van der Waals surface area contributed by atoms with Crippen LogP contribution in [-0.2, 0) is 9.59 Å². The van der Waals surface area contributed by atoms with Gasteiger partial charge in [0, 0.05) is 6.54 Å². The highest BCUT2D eigenvalue weighted by Gasteiger charge is 2.45. The molecule has 4 amide bonds. The Morgan fingerprint density at radius 3 is 2.39 bits per heavy atom. The molecule has 1 N–H and O–H groups in total. The van der Waals surface area contributed by atoms with Crippen LogP contribution < -0.4 is 5.32 Å². The first-order valence-corrected chi connectivity index (χ1v) is 6.67. The second-order valence-electron chi connectivity index (χ2n) is 5.66. The van der Waals surface area contributed by atoms with Gasteiger partial charge in [0.25, 0.3) is 0 Å². The van der Waals surface area contributed by atoms with Crippen molar-refractivity contribution in [1.29, 1.82) is 0 Å². The summed E-state index contributed by atoms with van der Waals surface area (Å²) in [5.41, 5.74) is 0. The van der Waals surface area contributed by atoms with Gasteiger partial charge < -0.3 is 0 Å². The maximum Gasteiger partial charge on any atom is 0.330 e. The SMILES string of the molecule is CC(C)CN1C(=O)NC(=O)C(C2CCCC2)C1=O. The van der Waals surface area contributed by atoms with Gasteiger partial charge in [0.05, 0.1) is 0 Å². The van der Waals surface area contributed by atoms with Crippen LogP contribution in [0.2, 0.25) is 0 Å². The molecule has 2 aliphatic rings. The van der Waals surface area contributed by atoms with Gasteiger partial charge in [-0.1, -0.05) is 26.7 Å². The highest BCUT2D eigenvalue weighted by Crippen LogP contribution is 2.34. The minimum Gasteiger partial charge on any atom is -0.277 e. The third-order valence-corrected chi connectivity index (χ3v) is 3.71. The Kier molecular flexibility index (Phi) is 3.68. The highest BCUT2D eigenvalue weighted by atomic mass is 16.2. The lowest BCUT2D eigenvalue weighted by molar-refractivity contribution is -0.145. The molecule has 1 saturated heterocycles. The minimum absolute atomic E-state index is 0.111. The Hall–Kier alpha value is -1.39. The van der Waals surface area contributed by atoms with Crippen molar-refractivity contribution < 1.29 is 14.4 Å². The summed E-state index contributed by atoms with van der Waals surface area (Å²) in [5.74, 6) is -1.04. The number of rotatable bonds is 3. The average molecular weight is 252 g/mol. The van der Waals surface area contributed by atoms with Crippen LogP contribution in [0.15, 0.2) is 0 Å². The van der Waals surface area contributed by atoms with E-state index in [1.165, 1.54) is 4.90 Å². The van der Waals surface area contributed by atoms with E-state index in [0.29, 0.717) is 6.54 Å². The first kappa shape index (κ1) is 13.1. The van der Waals surface area contributed by atoms with E-state index >= 15 is 0 Å². The quantitative estimate of drug-likeness (QED) is 0.774. The number of nitrogens with one attached hydrogen (secondary N) is 1. The molecule has 1 unspecified atom stereocenters. The summed E-state index contributed by atoms with van der Waals surface area (Å²) in [4.78, 5) is 37.1. The van der Waals surface area contributed by atoms with Crippen LogP contribution in [0.5, 0.6) is 0 Å². The Bertz CT molecular complexity index is 372. The van der Waals surface area contributed by atoms with Crippen molar-refractivity contribution in [3.05, 3.63) is 0 Å². The topological polar surface area (TPSA) is 66.5 Å². The Morgan fingerprint density at radius 2 is 1.83 bits per heavy atom. The molecule has 0 spiro atoms. The van der Waals surface area contributed by atoms with Crippen molar-refractivity contribution in [2.24, 2.45) is 17.8 Å². The molecule has 2 fully saturated rings. The fourth-order valence-electron chi connectivity index (χ4n) is 2.88. The molecule has 1 atom stereocenters. The number of hydrogen-bond donors (Lipinski definition) is 1. The monoisotopic (exact) mass is 252 g/mol. The number of amides is 4. The number of urea groups is 1. The molecule has 0 aromatic heterocycles. The van der Waals surface area contributed by atoms with Gasteiger partial charge in [0.2, 0.25) is 11.8 Å². The lowest BCUT2D eigenvalue weighted by Gasteiger charge is -2.33. The predicted octanol–water partition coefficient (Wildman–Crippen LogP) is 1.53. The van der Waals surface area contributed by atoms with Gasteiger partial charge in [-0.3, -0.25) is 19.8 Å². The Balaban J connectivity index is 2.16. The van der Waals surface area contributed by atoms with Crippen molar-refractivity contribution in [2.75, 3.05) is 6.54 Å². The zero-order valence-corrected chi connectivity index (χ0v) is 10.9. The molecule has 100 valence electrons. The van der Waals surface area contributed by atoms with E-state index in [2.05, 4.69) is 5.32 Å². The molecule has 0 aromatic rings. The van der Waals surface area contributed by atoms with E-state index in [0.717, 1.165) is 25.7 Å². The van der Waals surface area contributed by atoms with Crippen LogP contribution in [0.3, 0.4) is 0 Å². The molecule has 1 aliphatic carbocycles. The van der Waals surface area contributed by atoms with E-state index in [9.17, 15) is 14.4 Å². The lowest BCUT2D eigenvalue weighted by Crippen LogP contribution is -2.60. The fraction of sp³-hybridized carbons (Fsp3) is 0.769. The number of nitrogens with zero attached hydrogens (tertiary/aromatic N) is 1. The minimum atomic E-state index is -0.649. The molecular weight excluding hydrogens is 232 g/mol. The molecule has 1 heterocycles. The number of hydrogen-bond acceptors (Lipinski definition) is 3. The van der Waals surface area contributed by atoms with E-state index < -0.39 is 17.9 Å². The van der Waals surface area contributed by atoms with E-state index in [4.69, 9.17) is 0 Å². The molecule has 1 saturated carbocycles. The number of carbonyl (C=O) groups is 3. The zero-order chi connectivity index (χ0) is 13.3. The van der Waals surface area contributed by atoms with Gasteiger partial charge in [-0.05, 0) is 24.7 Å². The van der Waals surface area contributed by atoms with Gasteiger partial charge in [-0.25, -0.2) is 4.79 Å². The molecule has 5 nitrogen and oxygen atoms in total. The Labute approximate surface area is 107 Å². The van der Waals surface area contributed by atoms with Gasteiger partial charge >= 0.3 is 6.03 Å². The number of imide groups is 2. The molecule has 18 heavy (non-hydrogen) atoms. The summed E-state index contributed by atoms with van der Waals surface area (Å²) in [7, 11) is 0. The van der Waals surface area contributed by atoms with Crippen molar-refractivity contribution in [2.45, 2.75) is 39.5 Å². The van der Waals surface area contributed by atoms with Crippen LogP contribution in [0.4, 0.5) is 4.79 Å². The molecule has 2 rings (SSSR count). The van der Waals surface area contributed by atoms with Crippen molar-refractivity contribution in [1.82, 2.24) is 10.2 Å². The van der Waals surface area contributed by atoms with Gasteiger partial charge in [0.1, 0.15) is 5.92 Å². The maximum absolute atomic E-state index is 12.3. The molecule has 5 heteroatoms. The standard InChI is InChI=1S/C13H20N2O3/c1-8(2)7-15-12(17)10(9-5-3-4-6-9)11(16)14-13(15)18/h8-10H,3-7H2,1-2H3,(H,14,16,18). The third kappa shape index (κ3) is 2.40. The van der Waals surface area contributed by atoms with E-state index in [1.54, 1.807) is 0 Å². The molecule has 0 bridgehead atoms. The van der Waals surface area contributed by atoms with Crippen LogP contribution >= 0.6 is 0 Å². The van der Waals surface area contributed by atoms with Crippen LogP contribution in [-0.4, -0.2) is 29.3 Å². The number of barbiturate groups is 1. The molecule has 1 aliphatic heterocycles. The van der Waals surface area contributed by atoms with Crippen LogP contribution in [0, 0.1) is 17.8 Å². The second kappa shape index (κ2) is 5.08. The summed E-state index contributed by atoms with van der Waals surface area (Å²) in [6.07, 6.45) is 3.96. The van der Waals surface area contributed by atoms with Gasteiger partial charge in [0.15, 0.2) is 0 Å². The van der Waals surface area contributed by atoms with Crippen LogP contribution in [0.1, 0.15) is 39.5 Å². The third-order valence-electron chi connectivity index (χ3n) is 3.71. The molecular formula is C13H20N2O3. The van der Waals surface area contributed by atoms with Crippen LogP contribution in [0.25, 0.3) is 0 Å². The van der Waals surface area contributed by atoms with Crippen molar-refractivity contribution in [3.63, 3.8) is 0 Å². The van der Waals surface area contributed by atoms with Gasteiger partial charge in [-0.2, -0.15) is 0 Å².